The van der Waals surface area contributed by atoms with Crippen LogP contribution in [0.1, 0.15) is 42.5 Å². The van der Waals surface area contributed by atoms with Gasteiger partial charge < -0.3 is 14.6 Å². The molecule has 1 fully saturated rings. The van der Waals surface area contributed by atoms with Gasteiger partial charge in [-0.25, -0.2) is 0 Å². The van der Waals surface area contributed by atoms with Crippen LogP contribution >= 0.6 is 0 Å². The molecule has 2 aromatic rings. The summed E-state index contributed by atoms with van der Waals surface area (Å²) < 4.78 is 51.1. The number of hydrogen-bond acceptors (Lipinski definition) is 4. The first-order chi connectivity index (χ1) is 14.7. The van der Waals surface area contributed by atoms with Crippen LogP contribution in [-0.4, -0.2) is 42.8 Å². The summed E-state index contributed by atoms with van der Waals surface area (Å²) in [4.78, 5) is 13.5. The Bertz CT molecular complexity index is 916. The number of benzene rings is 2. The normalized spacial score (nSPS) is 18.4. The third-order valence-corrected chi connectivity index (χ3v) is 5.50. The quantitative estimate of drug-likeness (QED) is 0.661. The first-order valence-corrected chi connectivity index (χ1v) is 10.2. The van der Waals surface area contributed by atoms with Gasteiger partial charge in [-0.05, 0) is 61.7 Å². The topological polar surface area (TPSA) is 59.0 Å². The molecule has 2 aromatic carbocycles. The van der Waals surface area contributed by atoms with Crippen molar-refractivity contribution in [1.29, 1.82) is 0 Å². The van der Waals surface area contributed by atoms with E-state index in [2.05, 4.69) is 0 Å². The number of nitrogens with zero attached hydrogens (tertiary/aromatic N) is 1. The molecule has 0 saturated carbocycles. The molecule has 1 heterocycles. The van der Waals surface area contributed by atoms with Crippen molar-refractivity contribution in [2.75, 3.05) is 26.8 Å². The van der Waals surface area contributed by atoms with Crippen molar-refractivity contribution in [2.45, 2.75) is 32.0 Å². The van der Waals surface area contributed by atoms with E-state index in [0.717, 1.165) is 12.1 Å². The van der Waals surface area contributed by atoms with E-state index >= 15 is 0 Å². The molecule has 1 aliphatic heterocycles. The smallest absolute Gasteiger partial charge is 0.416 e. The lowest BCUT2D eigenvalue weighted by Gasteiger charge is -2.38. The zero-order valence-corrected chi connectivity index (χ0v) is 17.5. The predicted molar refractivity (Wildman–Crippen MR) is 109 cm³/mol. The Balaban J connectivity index is 2.08. The number of carboxylic acids is 1. The molecule has 31 heavy (non-hydrogen) atoms. The minimum Gasteiger partial charge on any atom is -0.493 e. The highest BCUT2D eigenvalue weighted by Gasteiger charge is 2.34. The number of ether oxygens (including phenoxy) is 2. The molecule has 0 aliphatic carbocycles. The average Bonchev–Trinajstić information content (AvgIpc) is 2.75. The molecule has 5 nitrogen and oxygen atoms in total. The van der Waals surface area contributed by atoms with Crippen molar-refractivity contribution in [3.05, 3.63) is 59.2 Å². The number of alkyl halides is 3. The minimum absolute atomic E-state index is 0.256. The minimum atomic E-state index is -4.47. The molecule has 0 radical (unpaired) electrons. The maximum absolute atomic E-state index is 13.4. The van der Waals surface area contributed by atoms with Gasteiger partial charge in [0.05, 0.1) is 31.2 Å². The van der Waals surface area contributed by atoms with Gasteiger partial charge >= 0.3 is 12.1 Å². The van der Waals surface area contributed by atoms with E-state index in [0.29, 0.717) is 48.6 Å². The third kappa shape index (κ3) is 5.31. The number of carboxylic acid groups (broad SMARTS) is 1. The van der Waals surface area contributed by atoms with Gasteiger partial charge in [0.1, 0.15) is 0 Å². The van der Waals surface area contributed by atoms with Gasteiger partial charge in [0.2, 0.25) is 0 Å². The Morgan fingerprint density at radius 2 is 1.94 bits per heavy atom. The number of halogens is 3. The van der Waals surface area contributed by atoms with Crippen LogP contribution in [0.25, 0.3) is 0 Å². The Kier molecular flexibility index (Phi) is 7.10. The Hall–Kier alpha value is -2.74. The molecular weight excluding hydrogens is 411 g/mol. The third-order valence-electron chi connectivity index (χ3n) is 5.50. The summed E-state index contributed by atoms with van der Waals surface area (Å²) in [7, 11) is 1.50. The van der Waals surface area contributed by atoms with E-state index in [1.807, 2.05) is 11.8 Å². The zero-order valence-electron chi connectivity index (χ0n) is 17.5. The van der Waals surface area contributed by atoms with Crippen LogP contribution < -0.4 is 9.47 Å². The van der Waals surface area contributed by atoms with E-state index in [9.17, 15) is 23.1 Å². The standard InChI is InChI=1S/C23H26F3NO4/c1-3-31-19-10-9-16(13-20(19)30-2)21(27-11-5-7-17(14-27)22(28)29)15-6-4-8-18(12-15)23(24,25)26/h4,6,8-10,12-13,17,21H,3,5,7,11,14H2,1-2H3,(H,28,29). The highest BCUT2D eigenvalue weighted by molar-refractivity contribution is 5.70. The van der Waals surface area contributed by atoms with E-state index < -0.39 is 29.7 Å². The van der Waals surface area contributed by atoms with Crippen molar-refractivity contribution < 1.29 is 32.5 Å². The summed E-state index contributed by atoms with van der Waals surface area (Å²) in [5, 5.41) is 9.50. The Morgan fingerprint density at radius 1 is 1.19 bits per heavy atom. The summed E-state index contributed by atoms with van der Waals surface area (Å²) in [6, 6.07) is 9.94. The zero-order chi connectivity index (χ0) is 22.6. The number of rotatable bonds is 7. The van der Waals surface area contributed by atoms with Crippen LogP contribution in [0, 0.1) is 5.92 Å². The van der Waals surface area contributed by atoms with E-state index in [1.54, 1.807) is 24.3 Å². The highest BCUT2D eigenvalue weighted by atomic mass is 19.4. The molecule has 3 rings (SSSR count). The van der Waals surface area contributed by atoms with Gasteiger partial charge in [-0.15, -0.1) is 0 Å². The maximum atomic E-state index is 13.4. The van der Waals surface area contributed by atoms with Gasteiger partial charge in [-0.3, -0.25) is 9.69 Å². The Labute approximate surface area is 179 Å². The molecule has 2 unspecified atom stereocenters. The lowest BCUT2D eigenvalue weighted by Crippen LogP contribution is -2.41. The second-order valence-corrected chi connectivity index (χ2v) is 7.54. The van der Waals surface area contributed by atoms with Gasteiger partial charge in [0.25, 0.3) is 0 Å². The largest absolute Gasteiger partial charge is 0.493 e. The first kappa shape index (κ1) is 22.9. The first-order valence-electron chi connectivity index (χ1n) is 10.2. The number of aliphatic carboxylic acids is 1. The molecule has 168 valence electrons. The predicted octanol–water partition coefficient (Wildman–Crippen LogP) is 5.00. The second kappa shape index (κ2) is 9.60. The molecule has 1 saturated heterocycles. The van der Waals surface area contributed by atoms with Crippen molar-refractivity contribution in [2.24, 2.45) is 5.92 Å². The van der Waals surface area contributed by atoms with Gasteiger partial charge in [0, 0.05) is 6.54 Å². The van der Waals surface area contributed by atoms with Crippen molar-refractivity contribution in [3.8, 4) is 11.5 Å². The molecular formula is C23H26F3NO4. The lowest BCUT2D eigenvalue weighted by atomic mass is 9.90. The molecule has 0 amide bonds. The monoisotopic (exact) mass is 437 g/mol. The molecule has 1 aliphatic rings. The van der Waals surface area contributed by atoms with Crippen LogP contribution in [0.3, 0.4) is 0 Å². The number of carbonyl (C=O) groups is 1. The summed E-state index contributed by atoms with van der Waals surface area (Å²) in [5.41, 5.74) is 0.428. The fourth-order valence-corrected chi connectivity index (χ4v) is 4.07. The van der Waals surface area contributed by atoms with Crippen molar-refractivity contribution >= 4 is 5.97 Å². The van der Waals surface area contributed by atoms with Crippen LogP contribution in [0.15, 0.2) is 42.5 Å². The summed E-state index contributed by atoms with van der Waals surface area (Å²) in [5.74, 6) is -0.440. The molecule has 0 aromatic heterocycles. The Morgan fingerprint density at radius 3 is 2.58 bits per heavy atom. The fourth-order valence-electron chi connectivity index (χ4n) is 4.07. The van der Waals surface area contributed by atoms with Gasteiger partial charge in [0.15, 0.2) is 11.5 Å². The number of methoxy groups -OCH3 is 1. The molecule has 0 spiro atoms. The van der Waals surface area contributed by atoms with Gasteiger partial charge in [-0.1, -0.05) is 18.2 Å². The molecule has 2 atom stereocenters. The van der Waals surface area contributed by atoms with Crippen LogP contribution in [0.4, 0.5) is 13.2 Å². The number of piperidine rings is 1. The second-order valence-electron chi connectivity index (χ2n) is 7.54. The summed E-state index contributed by atoms with van der Waals surface area (Å²) in [6.45, 7) is 3.13. The van der Waals surface area contributed by atoms with Gasteiger partial charge in [-0.2, -0.15) is 13.2 Å². The molecule has 1 N–H and O–H groups in total. The number of hydrogen-bond donors (Lipinski definition) is 1. The molecule has 8 heteroatoms. The average molecular weight is 437 g/mol. The van der Waals surface area contributed by atoms with E-state index in [-0.39, 0.29) is 6.54 Å². The lowest BCUT2D eigenvalue weighted by molar-refractivity contribution is -0.143. The van der Waals surface area contributed by atoms with Crippen LogP contribution in [-0.2, 0) is 11.0 Å². The highest BCUT2D eigenvalue weighted by Crippen LogP contribution is 2.39. The maximum Gasteiger partial charge on any atom is 0.416 e. The summed E-state index contributed by atoms with van der Waals surface area (Å²) in [6.07, 6.45) is -3.27. The SMILES string of the molecule is CCOc1ccc(C(c2cccc(C(F)(F)F)c2)N2CCCC(C(=O)O)C2)cc1OC. The fraction of sp³-hybridized carbons (Fsp3) is 0.435. The van der Waals surface area contributed by atoms with Crippen LogP contribution in [0.5, 0.6) is 11.5 Å². The van der Waals surface area contributed by atoms with E-state index in [1.165, 1.54) is 13.2 Å². The van der Waals surface area contributed by atoms with Crippen molar-refractivity contribution in [3.63, 3.8) is 0 Å². The van der Waals surface area contributed by atoms with Crippen LogP contribution in [0.2, 0.25) is 0 Å². The van der Waals surface area contributed by atoms with E-state index in [4.69, 9.17) is 9.47 Å². The van der Waals surface area contributed by atoms with Crippen molar-refractivity contribution in [1.82, 2.24) is 4.90 Å². The summed E-state index contributed by atoms with van der Waals surface area (Å²) >= 11 is 0. The number of likely N-dealkylation sites (tertiary alicyclic amines) is 1. The molecule has 0 bridgehead atoms.